The number of unbranched alkanes of at least 4 members (excludes halogenated alkanes) is 1. The second-order valence-electron chi connectivity index (χ2n) is 5.83. The molecule has 0 heterocycles. The first-order valence-electron chi connectivity index (χ1n) is 7.53. The van der Waals surface area contributed by atoms with Gasteiger partial charge >= 0.3 is 0 Å². The predicted octanol–water partition coefficient (Wildman–Crippen LogP) is 2.50. The molecule has 0 aromatic heterocycles. The minimum atomic E-state index is -0.103. The van der Waals surface area contributed by atoms with E-state index < -0.39 is 0 Å². The van der Waals surface area contributed by atoms with Crippen molar-refractivity contribution in [3.63, 3.8) is 0 Å². The van der Waals surface area contributed by atoms with Crippen LogP contribution in [0.4, 0.5) is 0 Å². The Hall–Kier alpha value is -0.120. The second kappa shape index (κ2) is 9.76. The van der Waals surface area contributed by atoms with Crippen LogP contribution in [-0.4, -0.2) is 48.8 Å². The summed E-state index contributed by atoms with van der Waals surface area (Å²) in [6.45, 7) is 12.7. The Labute approximate surface area is 114 Å². The average molecular weight is 258 g/mol. The first-order valence-corrected chi connectivity index (χ1v) is 7.53. The Morgan fingerprint density at radius 1 is 1.28 bits per heavy atom. The molecule has 0 fully saturated rings. The molecule has 0 bridgehead atoms. The lowest BCUT2D eigenvalue weighted by molar-refractivity contribution is 0.167. The van der Waals surface area contributed by atoms with Crippen molar-refractivity contribution in [3.05, 3.63) is 0 Å². The van der Waals surface area contributed by atoms with E-state index in [-0.39, 0.29) is 12.1 Å². The van der Waals surface area contributed by atoms with Crippen LogP contribution in [0.25, 0.3) is 0 Å². The van der Waals surface area contributed by atoms with Gasteiger partial charge in [0, 0.05) is 12.1 Å². The lowest BCUT2D eigenvalue weighted by Gasteiger charge is -2.28. The first-order chi connectivity index (χ1) is 8.51. The van der Waals surface area contributed by atoms with Crippen molar-refractivity contribution >= 4 is 0 Å². The third-order valence-corrected chi connectivity index (χ3v) is 4.12. The normalized spacial score (nSPS) is 16.8. The Kier molecular flexibility index (Phi) is 9.70. The van der Waals surface area contributed by atoms with Gasteiger partial charge in [0.15, 0.2) is 0 Å². The van der Waals surface area contributed by atoms with E-state index in [4.69, 9.17) is 0 Å². The van der Waals surface area contributed by atoms with Gasteiger partial charge in [-0.2, -0.15) is 0 Å². The van der Waals surface area contributed by atoms with E-state index in [1.807, 2.05) is 7.05 Å². The van der Waals surface area contributed by atoms with Crippen LogP contribution in [0.2, 0.25) is 0 Å². The summed E-state index contributed by atoms with van der Waals surface area (Å²) in [6.07, 6.45) is 4.70. The molecule has 0 saturated carbocycles. The highest BCUT2D eigenvalue weighted by atomic mass is 16.3. The molecule has 110 valence electrons. The summed E-state index contributed by atoms with van der Waals surface area (Å²) < 4.78 is 0. The molecular formula is C15H34N2O. The number of hydrogen-bond acceptors (Lipinski definition) is 3. The molecule has 3 heteroatoms. The molecule has 0 amide bonds. The molecule has 2 atom stereocenters. The molecule has 0 radical (unpaired) electrons. The smallest absolute Gasteiger partial charge is 0.0610 e. The van der Waals surface area contributed by atoms with Crippen molar-refractivity contribution < 1.29 is 5.11 Å². The van der Waals surface area contributed by atoms with Crippen molar-refractivity contribution in [2.75, 3.05) is 33.3 Å². The van der Waals surface area contributed by atoms with Crippen LogP contribution in [0, 0.1) is 5.92 Å². The fourth-order valence-corrected chi connectivity index (χ4v) is 2.08. The molecule has 18 heavy (non-hydrogen) atoms. The van der Waals surface area contributed by atoms with Crippen LogP contribution in [0.3, 0.4) is 0 Å². The van der Waals surface area contributed by atoms with E-state index in [9.17, 15) is 5.11 Å². The zero-order chi connectivity index (χ0) is 14.0. The van der Waals surface area contributed by atoms with Crippen LogP contribution in [-0.2, 0) is 0 Å². The maximum Gasteiger partial charge on any atom is 0.0610 e. The van der Waals surface area contributed by atoms with Gasteiger partial charge in [-0.25, -0.2) is 0 Å². The Balaban J connectivity index is 3.80. The molecule has 0 rings (SSSR count). The summed E-state index contributed by atoms with van der Waals surface area (Å²) in [6, 6.07) is 0. The van der Waals surface area contributed by atoms with Gasteiger partial charge in [0.1, 0.15) is 0 Å². The van der Waals surface area contributed by atoms with Crippen molar-refractivity contribution in [2.45, 2.75) is 58.9 Å². The minimum Gasteiger partial charge on any atom is -0.394 e. The minimum absolute atomic E-state index is 0.103. The summed E-state index contributed by atoms with van der Waals surface area (Å²) in [5.74, 6) is 0.796. The van der Waals surface area contributed by atoms with E-state index in [2.05, 4.69) is 37.9 Å². The molecule has 0 saturated heterocycles. The summed E-state index contributed by atoms with van der Waals surface area (Å²) in [5, 5.41) is 12.5. The van der Waals surface area contributed by atoms with Gasteiger partial charge in [0.2, 0.25) is 0 Å². The maximum atomic E-state index is 9.32. The van der Waals surface area contributed by atoms with Gasteiger partial charge in [-0.15, -0.1) is 0 Å². The van der Waals surface area contributed by atoms with Crippen LogP contribution in [0.15, 0.2) is 0 Å². The van der Waals surface area contributed by atoms with Crippen molar-refractivity contribution in [1.82, 2.24) is 10.2 Å². The second-order valence-corrected chi connectivity index (χ2v) is 5.83. The first kappa shape index (κ1) is 17.9. The summed E-state index contributed by atoms with van der Waals surface area (Å²) in [5.41, 5.74) is -0.103. The summed E-state index contributed by atoms with van der Waals surface area (Å²) in [7, 11) is 1.93. The van der Waals surface area contributed by atoms with Crippen molar-refractivity contribution in [1.29, 1.82) is 0 Å². The number of aliphatic hydroxyl groups is 1. The van der Waals surface area contributed by atoms with Gasteiger partial charge in [0.25, 0.3) is 0 Å². The van der Waals surface area contributed by atoms with Crippen molar-refractivity contribution in [2.24, 2.45) is 5.92 Å². The number of nitrogens with one attached hydrogen (secondary N) is 1. The average Bonchev–Trinajstić information content (AvgIpc) is 2.41. The number of aliphatic hydroxyl groups excluding tert-OH is 1. The van der Waals surface area contributed by atoms with Gasteiger partial charge in [-0.05, 0) is 45.8 Å². The molecule has 0 aliphatic rings. The Bertz CT molecular complexity index is 193. The van der Waals surface area contributed by atoms with E-state index in [0.29, 0.717) is 0 Å². The summed E-state index contributed by atoms with van der Waals surface area (Å²) >= 11 is 0. The fourth-order valence-electron chi connectivity index (χ4n) is 2.08. The predicted molar refractivity (Wildman–Crippen MR) is 80.0 cm³/mol. The number of nitrogens with zero attached hydrogens (tertiary/aromatic N) is 1. The molecule has 0 aliphatic heterocycles. The lowest BCUT2D eigenvalue weighted by atomic mass is 9.96. The highest BCUT2D eigenvalue weighted by Gasteiger charge is 2.19. The van der Waals surface area contributed by atoms with E-state index >= 15 is 0 Å². The monoisotopic (exact) mass is 258 g/mol. The fraction of sp³-hybridized carbons (Fsp3) is 1.00. The maximum absolute atomic E-state index is 9.32. The number of rotatable bonds is 11. The molecular weight excluding hydrogens is 224 g/mol. The van der Waals surface area contributed by atoms with Gasteiger partial charge in [0.05, 0.1) is 6.61 Å². The van der Waals surface area contributed by atoms with Crippen LogP contribution in [0.1, 0.15) is 53.4 Å². The van der Waals surface area contributed by atoms with E-state index in [1.54, 1.807) is 0 Å². The Morgan fingerprint density at radius 3 is 2.39 bits per heavy atom. The van der Waals surface area contributed by atoms with E-state index in [0.717, 1.165) is 18.9 Å². The summed E-state index contributed by atoms with van der Waals surface area (Å²) in [4.78, 5) is 2.55. The number of hydrogen-bond donors (Lipinski definition) is 2. The van der Waals surface area contributed by atoms with Crippen LogP contribution < -0.4 is 5.32 Å². The molecule has 0 aliphatic carbocycles. The zero-order valence-corrected chi connectivity index (χ0v) is 13.1. The molecule has 3 nitrogen and oxygen atoms in total. The molecule has 2 N–H and O–H groups in total. The number of likely N-dealkylation sites (N-methyl/N-ethyl adjacent to an activating group) is 1. The van der Waals surface area contributed by atoms with Crippen LogP contribution >= 0.6 is 0 Å². The molecule has 0 spiro atoms. The van der Waals surface area contributed by atoms with Crippen LogP contribution in [0.5, 0.6) is 0 Å². The van der Waals surface area contributed by atoms with E-state index in [1.165, 1.54) is 32.4 Å². The third-order valence-electron chi connectivity index (χ3n) is 4.12. The van der Waals surface area contributed by atoms with Gasteiger partial charge < -0.3 is 15.3 Å². The Morgan fingerprint density at radius 2 is 1.94 bits per heavy atom. The third kappa shape index (κ3) is 7.34. The topological polar surface area (TPSA) is 35.5 Å². The molecule has 0 aromatic rings. The largest absolute Gasteiger partial charge is 0.394 e. The standard InChI is InChI=1S/C15H34N2O/c1-6-14(3)12-17(7-2)11-9-8-10-15(4,13-18)16-5/h14,16,18H,6-13H2,1-5H3. The highest BCUT2D eigenvalue weighted by molar-refractivity contribution is 4.80. The quantitative estimate of drug-likeness (QED) is 0.559. The van der Waals surface area contributed by atoms with Gasteiger partial charge in [-0.1, -0.05) is 33.6 Å². The highest BCUT2D eigenvalue weighted by Crippen LogP contribution is 2.13. The lowest BCUT2D eigenvalue weighted by Crippen LogP contribution is -2.43. The van der Waals surface area contributed by atoms with Gasteiger partial charge in [-0.3, -0.25) is 0 Å². The SMILES string of the molecule is CCC(C)CN(CC)CCCCC(C)(CO)NC. The molecule has 0 aromatic carbocycles. The van der Waals surface area contributed by atoms with Crippen molar-refractivity contribution in [3.8, 4) is 0 Å². The molecule has 2 unspecified atom stereocenters. The zero-order valence-electron chi connectivity index (χ0n) is 13.1.